The average molecular weight is 208 g/mol. The van der Waals surface area contributed by atoms with Crippen LogP contribution < -0.4 is 0 Å². The van der Waals surface area contributed by atoms with Gasteiger partial charge in [-0.3, -0.25) is 0 Å². The maximum absolute atomic E-state index is 9.49. The van der Waals surface area contributed by atoms with Crippen LogP contribution in [0.25, 0.3) is 10.2 Å². The molecule has 1 N–H and O–H groups in total. The number of thiocyanates is 1. The molecular weight excluding hydrogens is 204 g/mol. The van der Waals surface area contributed by atoms with Crippen LogP contribution in [0.3, 0.4) is 0 Å². The van der Waals surface area contributed by atoms with Crippen LogP contribution in [0.4, 0.5) is 0 Å². The van der Waals surface area contributed by atoms with Gasteiger partial charge in [0.15, 0.2) is 0 Å². The van der Waals surface area contributed by atoms with Crippen molar-refractivity contribution in [2.75, 3.05) is 0 Å². The third-order valence-electron chi connectivity index (χ3n) is 1.55. The Morgan fingerprint density at radius 1 is 1.54 bits per heavy atom. The zero-order chi connectivity index (χ0) is 9.26. The molecule has 1 aromatic carbocycles. The predicted molar refractivity (Wildman–Crippen MR) is 52.8 cm³/mol. The Bertz CT molecular complexity index is 486. The first-order valence-corrected chi connectivity index (χ1v) is 5.13. The second-order valence-electron chi connectivity index (χ2n) is 2.33. The van der Waals surface area contributed by atoms with Gasteiger partial charge in [0.25, 0.3) is 0 Å². The number of aromatic hydroxyl groups is 1. The van der Waals surface area contributed by atoms with E-state index in [-0.39, 0.29) is 5.75 Å². The van der Waals surface area contributed by atoms with Crippen LogP contribution in [-0.2, 0) is 0 Å². The summed E-state index contributed by atoms with van der Waals surface area (Å²) in [4.78, 5) is 4.74. The fraction of sp³-hybridized carbons (Fsp3) is 0. The van der Waals surface area contributed by atoms with Gasteiger partial charge in [0.05, 0.1) is 10.2 Å². The smallest absolute Gasteiger partial charge is 0.143 e. The number of rotatable bonds is 1. The molecule has 0 aliphatic rings. The van der Waals surface area contributed by atoms with Crippen molar-refractivity contribution < 1.29 is 5.11 Å². The van der Waals surface area contributed by atoms with Crippen LogP contribution in [-0.4, -0.2) is 10.1 Å². The number of nitriles is 1. The van der Waals surface area contributed by atoms with Gasteiger partial charge in [0.1, 0.15) is 16.7 Å². The molecule has 2 rings (SSSR count). The number of nitrogens with zero attached hydrogens (tertiary/aromatic N) is 2. The molecule has 5 heteroatoms. The highest BCUT2D eigenvalue weighted by molar-refractivity contribution is 8.03. The van der Waals surface area contributed by atoms with E-state index >= 15 is 0 Å². The molecule has 0 saturated heterocycles. The fourth-order valence-corrected chi connectivity index (χ4v) is 2.30. The summed E-state index contributed by atoms with van der Waals surface area (Å²) in [5.41, 5.74) is 2.28. The normalized spacial score (nSPS) is 10.1. The molecule has 0 saturated carbocycles. The van der Waals surface area contributed by atoms with E-state index in [0.717, 1.165) is 21.4 Å². The van der Waals surface area contributed by atoms with Gasteiger partial charge in [0, 0.05) is 4.90 Å². The second kappa shape index (κ2) is 3.24. The Hall–Kier alpha value is -1.25. The number of fused-ring (bicyclic) bond motifs is 1. The summed E-state index contributed by atoms with van der Waals surface area (Å²) in [5, 5.41) is 19.9. The SMILES string of the molecule is N#CSc1cc(O)c2ncsc2c1. The minimum absolute atomic E-state index is 0.136. The standard InChI is InChI=1S/C8H4N2OS2/c9-3-12-5-1-6(11)8-7(2-5)13-4-10-8/h1-2,4,11H. The molecular formula is C8H4N2OS2. The van der Waals surface area contributed by atoms with Crippen molar-refractivity contribution in [3.8, 4) is 11.2 Å². The van der Waals surface area contributed by atoms with Gasteiger partial charge in [0.2, 0.25) is 0 Å². The quantitative estimate of drug-likeness (QED) is 0.578. The number of hydrogen-bond acceptors (Lipinski definition) is 5. The first-order valence-electron chi connectivity index (χ1n) is 3.43. The topological polar surface area (TPSA) is 56.9 Å². The van der Waals surface area contributed by atoms with E-state index in [2.05, 4.69) is 4.98 Å². The lowest BCUT2D eigenvalue weighted by Gasteiger charge is -1.96. The van der Waals surface area contributed by atoms with E-state index in [4.69, 9.17) is 5.26 Å². The Morgan fingerprint density at radius 3 is 3.15 bits per heavy atom. The molecule has 13 heavy (non-hydrogen) atoms. The Balaban J connectivity index is 2.64. The molecule has 2 aromatic rings. The summed E-state index contributed by atoms with van der Waals surface area (Å²) in [5.74, 6) is 0.136. The van der Waals surface area contributed by atoms with Crippen molar-refractivity contribution in [3.63, 3.8) is 0 Å². The lowest BCUT2D eigenvalue weighted by molar-refractivity contribution is 0.479. The van der Waals surface area contributed by atoms with Crippen molar-refractivity contribution >= 4 is 33.3 Å². The van der Waals surface area contributed by atoms with E-state index in [1.165, 1.54) is 11.3 Å². The van der Waals surface area contributed by atoms with Crippen LogP contribution >= 0.6 is 23.1 Å². The van der Waals surface area contributed by atoms with E-state index < -0.39 is 0 Å². The number of thiazole rings is 1. The lowest BCUT2D eigenvalue weighted by atomic mass is 10.3. The maximum atomic E-state index is 9.49. The van der Waals surface area contributed by atoms with Gasteiger partial charge < -0.3 is 5.11 Å². The van der Waals surface area contributed by atoms with Crippen molar-refractivity contribution in [2.45, 2.75) is 4.90 Å². The summed E-state index contributed by atoms with van der Waals surface area (Å²) in [6, 6.07) is 3.40. The Morgan fingerprint density at radius 2 is 2.38 bits per heavy atom. The predicted octanol–water partition coefficient (Wildman–Crippen LogP) is 2.58. The molecule has 0 unspecified atom stereocenters. The third-order valence-corrected chi connectivity index (χ3v) is 2.89. The van der Waals surface area contributed by atoms with Crippen LogP contribution in [0, 0.1) is 10.7 Å². The molecule has 3 nitrogen and oxygen atoms in total. The number of aromatic nitrogens is 1. The van der Waals surface area contributed by atoms with Crippen LogP contribution in [0.2, 0.25) is 0 Å². The van der Waals surface area contributed by atoms with E-state index in [0.29, 0.717) is 5.52 Å². The minimum atomic E-state index is 0.136. The number of phenolic OH excluding ortho intramolecular Hbond substituents is 1. The molecule has 0 amide bonds. The van der Waals surface area contributed by atoms with Gasteiger partial charge in [-0.05, 0) is 23.9 Å². The number of thioether (sulfide) groups is 1. The van der Waals surface area contributed by atoms with Crippen LogP contribution in [0.5, 0.6) is 5.75 Å². The molecule has 1 heterocycles. The molecule has 0 aliphatic carbocycles. The Labute approximate surface area is 82.6 Å². The highest BCUT2D eigenvalue weighted by atomic mass is 32.2. The lowest BCUT2D eigenvalue weighted by Crippen LogP contribution is -1.72. The minimum Gasteiger partial charge on any atom is -0.506 e. The first-order chi connectivity index (χ1) is 6.31. The highest BCUT2D eigenvalue weighted by Gasteiger charge is 2.05. The van der Waals surface area contributed by atoms with Crippen LogP contribution in [0.1, 0.15) is 0 Å². The summed E-state index contributed by atoms with van der Waals surface area (Å²) in [6.45, 7) is 0. The molecule has 1 aromatic heterocycles. The largest absolute Gasteiger partial charge is 0.506 e. The van der Waals surface area contributed by atoms with Crippen molar-refractivity contribution in [2.24, 2.45) is 0 Å². The zero-order valence-electron chi connectivity index (χ0n) is 6.39. The van der Waals surface area contributed by atoms with Crippen molar-refractivity contribution in [1.29, 1.82) is 5.26 Å². The van der Waals surface area contributed by atoms with Gasteiger partial charge in [-0.2, -0.15) is 5.26 Å². The van der Waals surface area contributed by atoms with E-state index in [1.807, 2.05) is 11.5 Å². The zero-order valence-corrected chi connectivity index (χ0v) is 8.02. The number of benzene rings is 1. The monoisotopic (exact) mass is 208 g/mol. The summed E-state index contributed by atoms with van der Waals surface area (Å²) in [7, 11) is 0. The van der Waals surface area contributed by atoms with Crippen LogP contribution in [0.15, 0.2) is 22.5 Å². The second-order valence-corrected chi connectivity index (χ2v) is 4.08. The third kappa shape index (κ3) is 1.46. The fourth-order valence-electron chi connectivity index (χ4n) is 1.04. The molecule has 0 bridgehead atoms. The number of phenols is 1. The molecule has 0 atom stereocenters. The Kier molecular flexibility index (Phi) is 2.08. The summed E-state index contributed by atoms with van der Waals surface area (Å²) >= 11 is 2.48. The van der Waals surface area contributed by atoms with E-state index in [1.54, 1.807) is 11.6 Å². The summed E-state index contributed by atoms with van der Waals surface area (Å²) < 4.78 is 0.901. The molecule has 0 fully saturated rings. The van der Waals surface area contributed by atoms with Gasteiger partial charge >= 0.3 is 0 Å². The van der Waals surface area contributed by atoms with Crippen molar-refractivity contribution in [1.82, 2.24) is 4.98 Å². The molecule has 0 radical (unpaired) electrons. The molecule has 0 aliphatic heterocycles. The summed E-state index contributed by atoms with van der Waals surface area (Å²) in [6.07, 6.45) is 0. The van der Waals surface area contributed by atoms with E-state index in [9.17, 15) is 5.11 Å². The van der Waals surface area contributed by atoms with Gasteiger partial charge in [-0.15, -0.1) is 11.3 Å². The van der Waals surface area contributed by atoms with Crippen molar-refractivity contribution in [3.05, 3.63) is 17.6 Å². The van der Waals surface area contributed by atoms with Gasteiger partial charge in [-0.25, -0.2) is 4.98 Å². The van der Waals surface area contributed by atoms with Gasteiger partial charge in [-0.1, -0.05) is 0 Å². The number of hydrogen-bond donors (Lipinski definition) is 1. The molecule has 64 valence electrons. The first kappa shape index (κ1) is 8.35. The maximum Gasteiger partial charge on any atom is 0.143 e. The highest BCUT2D eigenvalue weighted by Crippen LogP contribution is 2.31. The molecule has 0 spiro atoms. The average Bonchev–Trinajstić information content (AvgIpc) is 2.53.